The van der Waals surface area contributed by atoms with Crippen LogP contribution in [-0.4, -0.2) is 212 Å². The molecule has 0 saturated carbocycles. The van der Waals surface area contributed by atoms with E-state index in [9.17, 15) is 9.59 Å². The van der Waals surface area contributed by atoms with Crippen molar-refractivity contribution in [3.8, 4) is 0 Å². The van der Waals surface area contributed by atoms with Crippen LogP contribution in [0.4, 0.5) is 0 Å². The number of hydrogen-bond donors (Lipinski definition) is 1. The van der Waals surface area contributed by atoms with E-state index in [0.717, 1.165) is 152 Å². The minimum absolute atomic E-state index is 0.140. The average Bonchev–Trinajstić information content (AvgIpc) is 0.861. The molecule has 4 rings (SSSR count). The van der Waals surface area contributed by atoms with E-state index in [2.05, 4.69) is 239 Å². The predicted molar refractivity (Wildman–Crippen MR) is 472 cm³/mol. The number of ether oxygens (including phenoxy) is 5. The largest absolute Gasteiger partial charge is 0.381 e. The van der Waals surface area contributed by atoms with E-state index in [4.69, 9.17) is 23.7 Å². The third-order valence-corrected chi connectivity index (χ3v) is 19.1. The standard InChI is InChI=1S/C19H32N2.C16H34N2.C14H30N2O2.C13H27NO2.C11H22O2.C11H24.C10H22O/c1-16(2)13-18-5-7-19(8-6-18)15-21-11-9-20(10-12-21)14-17(3)4;1-15(2)7-5-9-17-11-13-18(14-12-17)10-6-8-16(3)4;1-13(2)9-17-11-15-5-7-16(8-6-15)12-18-10-14(3)4;1-11(2)5-6-13(15)14-8-10-16-9-7-12(3)4;1-9(2)5-7-13-8-6-11(12)10(3)4;1-10(2)8-6-5-7-9-11(3)4;1-9(2)5-7-11-8-6-10(3)4/h5-8,16-17H,9-15H2,1-4H3;15-16H,5-14H2,1-4H3;13-14H,5-12H2,1-4H3;11-12H,5-10H2,1-4H3,(H,14,15);9-10H,5-8H2,1-4H3;10-11H,5-9H2,1-4H3;9-10H,5-8H2,1-4H3. The van der Waals surface area contributed by atoms with Crippen LogP contribution in [0.15, 0.2) is 24.3 Å². The van der Waals surface area contributed by atoms with Gasteiger partial charge in [-0.15, -0.1) is 0 Å². The Bertz CT molecular complexity index is 1910. The molecule has 3 fully saturated rings. The monoisotopic (exact) mass is 1530 g/mol. The summed E-state index contributed by atoms with van der Waals surface area (Å²) in [4.78, 5) is 37.7. The highest BCUT2D eigenvalue weighted by molar-refractivity contribution is 5.80. The second kappa shape index (κ2) is 73.8. The van der Waals surface area contributed by atoms with Gasteiger partial charge in [-0.1, -0.05) is 250 Å². The fraction of sp³-hybridized carbons (Fsp3) is 0.915. The Morgan fingerprint density at radius 3 is 1.00 bits per heavy atom. The molecule has 1 aromatic carbocycles. The Balaban J connectivity index is -0.00000121. The number of ketones is 1. The Morgan fingerprint density at radius 1 is 0.315 bits per heavy atom. The molecule has 3 aliphatic rings. The molecule has 14 heteroatoms. The second-order valence-corrected chi connectivity index (χ2v) is 37.8. The van der Waals surface area contributed by atoms with Crippen molar-refractivity contribution in [3.63, 3.8) is 0 Å². The van der Waals surface area contributed by atoms with Crippen molar-refractivity contribution in [1.82, 2.24) is 34.7 Å². The van der Waals surface area contributed by atoms with Gasteiger partial charge >= 0.3 is 0 Å². The second-order valence-electron chi connectivity index (χ2n) is 37.8. The zero-order valence-corrected chi connectivity index (χ0v) is 77.5. The predicted octanol–water partition coefficient (Wildman–Crippen LogP) is 21.6. The number of benzene rings is 1. The van der Waals surface area contributed by atoms with E-state index in [-0.39, 0.29) is 11.8 Å². The van der Waals surface area contributed by atoms with Crippen LogP contribution in [0.25, 0.3) is 0 Å². The summed E-state index contributed by atoms with van der Waals surface area (Å²) in [6, 6.07) is 9.26. The molecular weight excluding hydrogens is 1340 g/mol. The highest BCUT2D eigenvalue weighted by Crippen LogP contribution is 2.17. The highest BCUT2D eigenvalue weighted by Gasteiger charge is 2.20. The molecule has 1 N–H and O–H groups in total. The molecular formula is C94H191N7O7. The number of carbonyl (C=O) groups is 2. The van der Waals surface area contributed by atoms with E-state index in [1.807, 2.05) is 13.8 Å². The minimum atomic E-state index is 0.140. The van der Waals surface area contributed by atoms with Crippen molar-refractivity contribution >= 4 is 11.7 Å². The van der Waals surface area contributed by atoms with Crippen LogP contribution in [0.3, 0.4) is 0 Å². The van der Waals surface area contributed by atoms with Gasteiger partial charge in [0.2, 0.25) is 5.91 Å². The van der Waals surface area contributed by atoms with Crippen molar-refractivity contribution < 1.29 is 33.3 Å². The van der Waals surface area contributed by atoms with Crippen molar-refractivity contribution in [2.45, 2.75) is 310 Å². The minimum Gasteiger partial charge on any atom is -0.381 e. The molecule has 0 aliphatic carbocycles. The number of rotatable bonds is 50. The molecule has 0 atom stereocenters. The first-order valence-electron chi connectivity index (χ1n) is 45.1. The fourth-order valence-corrected chi connectivity index (χ4v) is 11.8. The first kappa shape index (κ1) is 110. The lowest BCUT2D eigenvalue weighted by Crippen LogP contribution is -2.47. The van der Waals surface area contributed by atoms with Gasteiger partial charge in [-0.2, -0.15) is 0 Å². The van der Waals surface area contributed by atoms with Gasteiger partial charge in [-0.3, -0.25) is 24.3 Å². The van der Waals surface area contributed by atoms with Crippen molar-refractivity contribution in [3.05, 3.63) is 35.4 Å². The van der Waals surface area contributed by atoms with E-state index in [1.54, 1.807) is 0 Å². The lowest BCUT2D eigenvalue weighted by atomic mass is 10.0. The van der Waals surface area contributed by atoms with Gasteiger partial charge in [0.25, 0.3) is 0 Å². The quantitative estimate of drug-likeness (QED) is 0.0626. The van der Waals surface area contributed by atoms with Gasteiger partial charge in [0.05, 0.1) is 39.9 Å². The summed E-state index contributed by atoms with van der Waals surface area (Å²) in [5, 5.41) is 2.86. The lowest BCUT2D eigenvalue weighted by Gasteiger charge is -2.35. The van der Waals surface area contributed by atoms with Crippen LogP contribution in [0.2, 0.25) is 0 Å². The van der Waals surface area contributed by atoms with Crippen LogP contribution in [-0.2, 0) is 46.2 Å². The number of amides is 1. The summed E-state index contributed by atoms with van der Waals surface area (Å²) in [5.74, 6) is 10.4. The molecule has 0 spiro atoms. The number of unbranched alkanes of at least 4 members (excludes halogenated alkanes) is 2. The van der Waals surface area contributed by atoms with Gasteiger partial charge in [0, 0.05) is 143 Å². The molecule has 3 saturated heterocycles. The molecule has 644 valence electrons. The smallest absolute Gasteiger partial charge is 0.220 e. The molecule has 108 heavy (non-hydrogen) atoms. The van der Waals surface area contributed by atoms with Gasteiger partial charge in [0.15, 0.2) is 0 Å². The molecule has 3 heterocycles. The fourth-order valence-electron chi connectivity index (χ4n) is 11.8. The molecule has 0 bridgehead atoms. The number of piperazine rings is 3. The van der Waals surface area contributed by atoms with Crippen molar-refractivity contribution in [1.29, 1.82) is 0 Å². The maximum absolute atomic E-state index is 11.3. The van der Waals surface area contributed by atoms with Crippen LogP contribution >= 0.6 is 0 Å². The lowest BCUT2D eigenvalue weighted by molar-refractivity contribution is -0.123. The third kappa shape index (κ3) is 81.9. The van der Waals surface area contributed by atoms with E-state index < -0.39 is 0 Å². The van der Waals surface area contributed by atoms with Crippen LogP contribution in [0.1, 0.15) is 308 Å². The number of carbonyl (C=O) groups excluding carboxylic acids is 2. The van der Waals surface area contributed by atoms with E-state index in [0.29, 0.717) is 68.0 Å². The van der Waals surface area contributed by atoms with Crippen LogP contribution in [0.5, 0.6) is 0 Å². The Hall–Kier alpha value is -2.08. The zero-order valence-electron chi connectivity index (χ0n) is 77.5. The maximum Gasteiger partial charge on any atom is 0.220 e. The number of nitrogens with one attached hydrogen (secondary N) is 1. The third-order valence-electron chi connectivity index (χ3n) is 19.1. The normalized spacial score (nSPS) is 15.1. The van der Waals surface area contributed by atoms with Gasteiger partial charge in [-0.05, 0) is 165 Å². The van der Waals surface area contributed by atoms with Gasteiger partial charge in [0.1, 0.15) is 5.78 Å². The first-order chi connectivity index (χ1) is 51.0. The highest BCUT2D eigenvalue weighted by atomic mass is 16.5. The average molecular weight is 1530 g/mol. The van der Waals surface area contributed by atoms with E-state index in [1.165, 1.54) is 160 Å². The summed E-state index contributed by atoms with van der Waals surface area (Å²) in [6.07, 6.45) is 20.6. The molecule has 0 unspecified atom stereocenters. The number of hydrogen-bond acceptors (Lipinski definition) is 13. The maximum atomic E-state index is 11.3. The van der Waals surface area contributed by atoms with E-state index >= 15 is 0 Å². The molecule has 0 aromatic heterocycles. The molecule has 1 amide bonds. The zero-order chi connectivity index (χ0) is 82.0. The molecule has 1 aromatic rings. The number of nitrogens with zero attached hydrogens (tertiary/aromatic N) is 6. The summed E-state index contributed by atoms with van der Waals surface area (Å²) in [7, 11) is 0. The number of Topliss-reactive ketones (excluding diaryl/α,β-unsaturated/α-hetero) is 1. The van der Waals surface area contributed by atoms with Crippen molar-refractivity contribution in [2.75, 3.05) is 171 Å². The Labute approximate surface area is 675 Å². The SMILES string of the molecule is CC(C)CCCCCC(C)C.CC(C)CCCN1CCN(CCCC(C)C)CC1.CC(C)CCOCCC(=O)C(C)C.CC(C)CCOCCC(C)C.CC(C)CCOCCNC(=O)CCC(C)C.CC(C)COCN1CCN(COCC(C)C)CC1.CC(C)Cc1ccc(CN2CCN(CC(C)C)CC2)cc1. The molecule has 3 aliphatic heterocycles. The molecule has 14 nitrogen and oxygen atoms in total. The Morgan fingerprint density at radius 2 is 0.648 bits per heavy atom. The van der Waals surface area contributed by atoms with Crippen LogP contribution in [0, 0.1) is 82.9 Å². The summed E-state index contributed by atoms with van der Waals surface area (Å²) in [5.41, 5.74) is 2.93. The topological polar surface area (TPSA) is 112 Å². The first-order valence-corrected chi connectivity index (χ1v) is 45.1. The summed E-state index contributed by atoms with van der Waals surface area (Å²) in [6.45, 7) is 90.1. The molecule has 0 radical (unpaired) electrons. The van der Waals surface area contributed by atoms with Gasteiger partial charge < -0.3 is 43.7 Å². The Kier molecular flexibility index (Phi) is 75.2. The van der Waals surface area contributed by atoms with Gasteiger partial charge in [-0.25, -0.2) is 0 Å². The summed E-state index contributed by atoms with van der Waals surface area (Å²) >= 11 is 0. The summed E-state index contributed by atoms with van der Waals surface area (Å²) < 4.78 is 27.5. The van der Waals surface area contributed by atoms with Crippen LogP contribution < -0.4 is 5.32 Å². The van der Waals surface area contributed by atoms with Crippen molar-refractivity contribution in [2.24, 2.45) is 82.9 Å².